The summed E-state index contributed by atoms with van der Waals surface area (Å²) in [6, 6.07) is 11.1. The number of nitrogens with one attached hydrogen (secondary N) is 1. The number of aryl methyl sites for hydroxylation is 2. The van der Waals surface area contributed by atoms with Crippen molar-refractivity contribution < 1.29 is 23.5 Å². The van der Waals surface area contributed by atoms with Crippen LogP contribution in [0.4, 0.5) is 5.69 Å². The Morgan fingerprint density at radius 3 is 2.52 bits per heavy atom. The Hall–Kier alpha value is -3.55. The second-order valence-corrected chi connectivity index (χ2v) is 7.21. The fourth-order valence-corrected chi connectivity index (χ4v) is 2.83. The number of anilines is 1. The first-order valence-corrected chi connectivity index (χ1v) is 10.3. The lowest BCUT2D eigenvalue weighted by Crippen LogP contribution is -2.17. The van der Waals surface area contributed by atoms with Crippen molar-refractivity contribution in [2.75, 3.05) is 5.32 Å². The van der Waals surface area contributed by atoms with Crippen molar-refractivity contribution in [2.24, 2.45) is 0 Å². The van der Waals surface area contributed by atoms with Crippen LogP contribution in [0.25, 0.3) is 0 Å². The summed E-state index contributed by atoms with van der Waals surface area (Å²) in [6.07, 6.45) is 2.25. The van der Waals surface area contributed by atoms with Crippen molar-refractivity contribution in [3.05, 3.63) is 65.4 Å². The Bertz CT molecular complexity index is 1030. The van der Waals surface area contributed by atoms with Crippen LogP contribution in [0, 0.1) is 0 Å². The topological polar surface area (TPSA) is 95.6 Å². The Morgan fingerprint density at radius 1 is 1.13 bits per heavy atom. The van der Waals surface area contributed by atoms with Gasteiger partial charge in [-0.25, -0.2) is 4.79 Å². The largest absolute Gasteiger partial charge is 0.486 e. The van der Waals surface area contributed by atoms with E-state index in [0.717, 1.165) is 12.2 Å². The highest BCUT2D eigenvalue weighted by Gasteiger charge is 2.22. The predicted octanol–water partition coefficient (Wildman–Crippen LogP) is 4.45. The van der Waals surface area contributed by atoms with E-state index in [1.807, 2.05) is 31.2 Å². The van der Waals surface area contributed by atoms with Crippen LogP contribution in [0.3, 0.4) is 0 Å². The number of carbonyl (C=O) groups excluding carboxylic acids is 2. The molecule has 8 nitrogen and oxygen atoms in total. The first-order valence-electron chi connectivity index (χ1n) is 10.3. The van der Waals surface area contributed by atoms with E-state index < -0.39 is 11.9 Å². The number of ether oxygens (including phenoxy) is 2. The first-order chi connectivity index (χ1) is 14.9. The zero-order valence-corrected chi connectivity index (χ0v) is 18.2. The van der Waals surface area contributed by atoms with Crippen molar-refractivity contribution in [3.63, 3.8) is 0 Å². The van der Waals surface area contributed by atoms with Gasteiger partial charge < -0.3 is 19.2 Å². The van der Waals surface area contributed by atoms with E-state index in [-0.39, 0.29) is 29.9 Å². The zero-order chi connectivity index (χ0) is 22.4. The Morgan fingerprint density at radius 2 is 1.87 bits per heavy atom. The summed E-state index contributed by atoms with van der Waals surface area (Å²) in [6.45, 7) is 8.20. The van der Waals surface area contributed by atoms with E-state index in [4.69, 9.17) is 13.9 Å². The predicted molar refractivity (Wildman–Crippen MR) is 115 cm³/mol. The Labute approximate surface area is 181 Å². The highest BCUT2D eigenvalue weighted by Crippen LogP contribution is 2.19. The number of hydrogen-bond acceptors (Lipinski definition) is 6. The Balaban J connectivity index is 1.65. The summed E-state index contributed by atoms with van der Waals surface area (Å²) < 4.78 is 18.1. The maximum Gasteiger partial charge on any atom is 0.361 e. The standard InChI is InChI=1S/C23H27N3O5/c1-5-16-7-9-17(10-8-16)29-14-18-11-12-20(31-18)22(27)24-19-13-26(6-2)25-21(19)23(28)30-15(3)4/h7-13,15H,5-6,14H2,1-4H3,(H,24,27). The number of benzene rings is 1. The number of furan rings is 1. The zero-order valence-electron chi connectivity index (χ0n) is 18.2. The molecule has 164 valence electrons. The average Bonchev–Trinajstić information content (AvgIpc) is 3.39. The van der Waals surface area contributed by atoms with Gasteiger partial charge in [0, 0.05) is 12.7 Å². The third-order valence-corrected chi connectivity index (χ3v) is 4.47. The molecule has 0 saturated carbocycles. The molecular formula is C23H27N3O5. The molecule has 1 N–H and O–H groups in total. The molecule has 3 rings (SSSR count). The fourth-order valence-electron chi connectivity index (χ4n) is 2.83. The van der Waals surface area contributed by atoms with Gasteiger partial charge >= 0.3 is 5.97 Å². The first kappa shape index (κ1) is 22.1. The summed E-state index contributed by atoms with van der Waals surface area (Å²) in [4.78, 5) is 24.9. The molecule has 0 spiro atoms. The summed E-state index contributed by atoms with van der Waals surface area (Å²) in [7, 11) is 0. The van der Waals surface area contributed by atoms with Crippen molar-refractivity contribution in [1.82, 2.24) is 9.78 Å². The second kappa shape index (κ2) is 9.97. The van der Waals surface area contributed by atoms with Gasteiger partial charge in [0.05, 0.1) is 11.8 Å². The third kappa shape index (κ3) is 5.75. The molecule has 31 heavy (non-hydrogen) atoms. The van der Waals surface area contributed by atoms with Gasteiger partial charge in [0.2, 0.25) is 0 Å². The van der Waals surface area contributed by atoms with E-state index in [2.05, 4.69) is 17.3 Å². The van der Waals surface area contributed by atoms with Gasteiger partial charge in [-0.2, -0.15) is 5.10 Å². The van der Waals surface area contributed by atoms with Crippen molar-refractivity contribution in [1.29, 1.82) is 0 Å². The minimum Gasteiger partial charge on any atom is -0.486 e. The smallest absolute Gasteiger partial charge is 0.361 e. The lowest BCUT2D eigenvalue weighted by atomic mass is 10.2. The molecule has 2 heterocycles. The summed E-state index contributed by atoms with van der Waals surface area (Å²) >= 11 is 0. The molecular weight excluding hydrogens is 398 g/mol. The normalized spacial score (nSPS) is 10.9. The van der Waals surface area contributed by atoms with E-state index in [1.54, 1.807) is 36.9 Å². The molecule has 0 aliphatic rings. The third-order valence-electron chi connectivity index (χ3n) is 4.47. The van der Waals surface area contributed by atoms with Crippen molar-refractivity contribution in [3.8, 4) is 5.75 Å². The molecule has 3 aromatic rings. The molecule has 8 heteroatoms. The van der Waals surface area contributed by atoms with Crippen LogP contribution >= 0.6 is 0 Å². The summed E-state index contributed by atoms with van der Waals surface area (Å²) in [5, 5.41) is 6.86. The molecule has 0 atom stereocenters. The maximum atomic E-state index is 12.6. The highest BCUT2D eigenvalue weighted by atomic mass is 16.5. The van der Waals surface area contributed by atoms with E-state index in [9.17, 15) is 9.59 Å². The van der Waals surface area contributed by atoms with Crippen molar-refractivity contribution >= 4 is 17.6 Å². The molecule has 0 radical (unpaired) electrons. The van der Waals surface area contributed by atoms with Gasteiger partial charge in [0.25, 0.3) is 5.91 Å². The Kier molecular flexibility index (Phi) is 7.12. The number of amides is 1. The quantitative estimate of drug-likeness (QED) is 0.509. The lowest BCUT2D eigenvalue weighted by Gasteiger charge is -2.07. The van der Waals surface area contributed by atoms with Gasteiger partial charge in [-0.3, -0.25) is 9.48 Å². The van der Waals surface area contributed by atoms with E-state index >= 15 is 0 Å². The van der Waals surface area contributed by atoms with Gasteiger partial charge in [-0.1, -0.05) is 19.1 Å². The maximum absolute atomic E-state index is 12.6. The summed E-state index contributed by atoms with van der Waals surface area (Å²) in [5.74, 6) is 0.244. The second-order valence-electron chi connectivity index (χ2n) is 7.21. The van der Waals surface area contributed by atoms with Crippen LogP contribution in [-0.4, -0.2) is 27.8 Å². The minimum absolute atomic E-state index is 0.0505. The van der Waals surface area contributed by atoms with Gasteiger partial charge in [0.1, 0.15) is 18.1 Å². The van der Waals surface area contributed by atoms with Gasteiger partial charge in [-0.05, 0) is 57.0 Å². The number of nitrogens with zero attached hydrogens (tertiary/aromatic N) is 2. The SMILES string of the molecule is CCc1ccc(OCc2ccc(C(=O)Nc3cn(CC)nc3C(=O)OC(C)C)o2)cc1. The molecule has 0 aliphatic heterocycles. The fraction of sp³-hybridized carbons (Fsp3) is 0.348. The van der Waals surface area contributed by atoms with Crippen LogP contribution in [0.5, 0.6) is 5.75 Å². The van der Waals surface area contributed by atoms with Crippen molar-refractivity contribution in [2.45, 2.75) is 53.4 Å². The van der Waals surface area contributed by atoms with E-state index in [0.29, 0.717) is 12.3 Å². The molecule has 0 fully saturated rings. The molecule has 0 aliphatic carbocycles. The minimum atomic E-state index is -0.597. The molecule has 1 aromatic carbocycles. The van der Waals surface area contributed by atoms with Crippen LogP contribution in [0.15, 0.2) is 47.0 Å². The summed E-state index contributed by atoms with van der Waals surface area (Å²) in [5.41, 5.74) is 1.55. The number of rotatable bonds is 9. The molecule has 0 unspecified atom stereocenters. The number of hydrogen-bond donors (Lipinski definition) is 1. The number of aromatic nitrogens is 2. The van der Waals surface area contributed by atoms with Crippen LogP contribution in [-0.2, 0) is 24.3 Å². The van der Waals surface area contributed by atoms with Crippen LogP contribution in [0.1, 0.15) is 60.1 Å². The monoisotopic (exact) mass is 425 g/mol. The van der Waals surface area contributed by atoms with Gasteiger partial charge in [-0.15, -0.1) is 0 Å². The molecule has 1 amide bonds. The molecule has 0 bridgehead atoms. The van der Waals surface area contributed by atoms with Gasteiger partial charge in [0.15, 0.2) is 11.5 Å². The molecule has 2 aromatic heterocycles. The average molecular weight is 425 g/mol. The van der Waals surface area contributed by atoms with Crippen LogP contribution < -0.4 is 10.1 Å². The molecule has 0 saturated heterocycles. The lowest BCUT2D eigenvalue weighted by molar-refractivity contribution is 0.0371. The number of esters is 1. The van der Waals surface area contributed by atoms with Crippen LogP contribution in [0.2, 0.25) is 0 Å². The van der Waals surface area contributed by atoms with E-state index in [1.165, 1.54) is 5.56 Å². The highest BCUT2D eigenvalue weighted by molar-refractivity contribution is 6.06. The number of carbonyl (C=O) groups is 2.